The molecule has 0 aliphatic rings. The topological polar surface area (TPSA) is 63.6 Å². The van der Waals surface area contributed by atoms with E-state index >= 15 is 0 Å². The standard InChI is InChI=1S/C17H16O4/c1-10-6-4-5-7-12(10)15-11(2)13(16(18)19)8-9-14(15)17(20)21-3/h4-9H,1-3H3,(H,18,19). The van der Waals surface area contributed by atoms with Crippen LogP contribution < -0.4 is 0 Å². The third-order valence-electron chi connectivity index (χ3n) is 3.52. The molecule has 2 aromatic carbocycles. The normalized spacial score (nSPS) is 10.2. The number of aryl methyl sites for hydroxylation is 1. The molecule has 2 aromatic rings. The van der Waals surface area contributed by atoms with Gasteiger partial charge in [-0.2, -0.15) is 0 Å². The van der Waals surface area contributed by atoms with Crippen LogP contribution in [0.15, 0.2) is 36.4 Å². The lowest BCUT2D eigenvalue weighted by Crippen LogP contribution is -2.09. The van der Waals surface area contributed by atoms with Crippen molar-refractivity contribution in [1.82, 2.24) is 0 Å². The van der Waals surface area contributed by atoms with Gasteiger partial charge in [0, 0.05) is 5.56 Å². The van der Waals surface area contributed by atoms with E-state index in [-0.39, 0.29) is 5.56 Å². The average Bonchev–Trinajstić information content (AvgIpc) is 2.46. The van der Waals surface area contributed by atoms with E-state index in [0.717, 1.165) is 11.1 Å². The molecular weight excluding hydrogens is 268 g/mol. The van der Waals surface area contributed by atoms with Crippen LogP contribution in [-0.2, 0) is 4.74 Å². The van der Waals surface area contributed by atoms with Crippen LogP contribution in [0, 0.1) is 13.8 Å². The summed E-state index contributed by atoms with van der Waals surface area (Å²) < 4.78 is 4.81. The highest BCUT2D eigenvalue weighted by atomic mass is 16.5. The summed E-state index contributed by atoms with van der Waals surface area (Å²) >= 11 is 0. The minimum Gasteiger partial charge on any atom is -0.478 e. The SMILES string of the molecule is COC(=O)c1ccc(C(=O)O)c(C)c1-c1ccccc1C. The fourth-order valence-electron chi connectivity index (χ4n) is 2.42. The second-order valence-electron chi connectivity index (χ2n) is 4.77. The molecular formula is C17H16O4. The summed E-state index contributed by atoms with van der Waals surface area (Å²) in [5.41, 5.74) is 3.52. The van der Waals surface area contributed by atoms with Crippen LogP contribution in [0.1, 0.15) is 31.8 Å². The van der Waals surface area contributed by atoms with Gasteiger partial charge in [0.1, 0.15) is 0 Å². The Kier molecular flexibility index (Phi) is 4.08. The molecule has 0 unspecified atom stereocenters. The number of methoxy groups -OCH3 is 1. The average molecular weight is 284 g/mol. The molecule has 0 aliphatic carbocycles. The van der Waals surface area contributed by atoms with E-state index in [2.05, 4.69) is 0 Å². The highest BCUT2D eigenvalue weighted by molar-refractivity contribution is 6.02. The molecule has 1 N–H and O–H groups in total. The lowest BCUT2D eigenvalue weighted by atomic mass is 9.89. The lowest BCUT2D eigenvalue weighted by Gasteiger charge is -2.15. The number of benzene rings is 2. The molecule has 0 bridgehead atoms. The van der Waals surface area contributed by atoms with Gasteiger partial charge in [-0.3, -0.25) is 0 Å². The van der Waals surface area contributed by atoms with Crippen LogP contribution in [0.25, 0.3) is 11.1 Å². The van der Waals surface area contributed by atoms with Crippen molar-refractivity contribution in [2.24, 2.45) is 0 Å². The van der Waals surface area contributed by atoms with Gasteiger partial charge >= 0.3 is 11.9 Å². The van der Waals surface area contributed by atoms with Gasteiger partial charge in [0.15, 0.2) is 0 Å². The number of esters is 1. The van der Waals surface area contributed by atoms with Gasteiger partial charge in [0.05, 0.1) is 18.2 Å². The molecule has 0 saturated heterocycles. The largest absolute Gasteiger partial charge is 0.478 e. The summed E-state index contributed by atoms with van der Waals surface area (Å²) in [6, 6.07) is 10.5. The Labute approximate surface area is 123 Å². The zero-order valence-electron chi connectivity index (χ0n) is 12.1. The van der Waals surface area contributed by atoms with Crippen LogP contribution in [0.3, 0.4) is 0 Å². The van der Waals surface area contributed by atoms with E-state index in [0.29, 0.717) is 16.7 Å². The molecule has 0 spiro atoms. The lowest BCUT2D eigenvalue weighted by molar-refractivity contribution is 0.0599. The number of carboxylic acid groups (broad SMARTS) is 1. The Hall–Kier alpha value is -2.62. The fourth-order valence-corrected chi connectivity index (χ4v) is 2.42. The van der Waals surface area contributed by atoms with E-state index in [1.54, 1.807) is 6.92 Å². The molecule has 0 saturated carbocycles. The molecule has 4 heteroatoms. The van der Waals surface area contributed by atoms with Gasteiger partial charge in [0.25, 0.3) is 0 Å². The molecule has 2 rings (SSSR count). The maximum atomic E-state index is 12.0. The highest BCUT2D eigenvalue weighted by Crippen LogP contribution is 2.32. The maximum Gasteiger partial charge on any atom is 0.338 e. The van der Waals surface area contributed by atoms with E-state index in [1.165, 1.54) is 19.2 Å². The Morgan fingerprint density at radius 2 is 1.62 bits per heavy atom. The van der Waals surface area contributed by atoms with Crippen LogP contribution in [0.2, 0.25) is 0 Å². The molecule has 0 atom stereocenters. The van der Waals surface area contributed by atoms with E-state index in [1.807, 2.05) is 31.2 Å². The third-order valence-corrected chi connectivity index (χ3v) is 3.52. The van der Waals surface area contributed by atoms with Crippen LogP contribution in [0.5, 0.6) is 0 Å². The first-order valence-corrected chi connectivity index (χ1v) is 6.48. The van der Waals surface area contributed by atoms with E-state index in [9.17, 15) is 14.7 Å². The zero-order chi connectivity index (χ0) is 15.6. The maximum absolute atomic E-state index is 12.0. The van der Waals surface area contributed by atoms with Crippen molar-refractivity contribution in [1.29, 1.82) is 0 Å². The first-order chi connectivity index (χ1) is 9.97. The summed E-state index contributed by atoms with van der Waals surface area (Å²) in [6.07, 6.45) is 0. The molecule has 0 aliphatic heterocycles. The first kappa shape index (κ1) is 14.8. The van der Waals surface area contributed by atoms with Crippen LogP contribution >= 0.6 is 0 Å². The van der Waals surface area contributed by atoms with Crippen molar-refractivity contribution in [3.05, 3.63) is 58.7 Å². The van der Waals surface area contributed by atoms with Gasteiger partial charge in [-0.25, -0.2) is 9.59 Å². The van der Waals surface area contributed by atoms with Gasteiger partial charge in [-0.15, -0.1) is 0 Å². The molecule has 4 nitrogen and oxygen atoms in total. The molecule has 108 valence electrons. The van der Waals surface area contributed by atoms with Crippen LogP contribution in [-0.4, -0.2) is 24.2 Å². The van der Waals surface area contributed by atoms with Gasteiger partial charge in [-0.1, -0.05) is 24.3 Å². The number of hydrogen-bond donors (Lipinski definition) is 1. The predicted molar refractivity (Wildman–Crippen MR) is 79.7 cm³/mol. The molecule has 0 amide bonds. The number of ether oxygens (including phenoxy) is 1. The van der Waals surface area contributed by atoms with E-state index < -0.39 is 11.9 Å². The second kappa shape index (κ2) is 5.79. The third kappa shape index (κ3) is 2.65. The summed E-state index contributed by atoms with van der Waals surface area (Å²) in [5, 5.41) is 9.28. The number of carboxylic acids is 1. The van der Waals surface area contributed by atoms with Crippen molar-refractivity contribution in [2.45, 2.75) is 13.8 Å². The number of rotatable bonds is 3. The zero-order valence-corrected chi connectivity index (χ0v) is 12.1. The summed E-state index contributed by atoms with van der Waals surface area (Å²) in [4.78, 5) is 23.3. The van der Waals surface area contributed by atoms with Gasteiger partial charge in [-0.05, 0) is 42.7 Å². The molecule has 0 radical (unpaired) electrons. The number of hydrogen-bond acceptors (Lipinski definition) is 3. The van der Waals surface area contributed by atoms with Crippen molar-refractivity contribution in [3.63, 3.8) is 0 Å². The monoisotopic (exact) mass is 284 g/mol. The van der Waals surface area contributed by atoms with Crippen LogP contribution in [0.4, 0.5) is 0 Å². The first-order valence-electron chi connectivity index (χ1n) is 6.48. The van der Waals surface area contributed by atoms with Crippen molar-refractivity contribution >= 4 is 11.9 Å². The molecule has 0 aromatic heterocycles. The van der Waals surface area contributed by atoms with Gasteiger partial charge < -0.3 is 9.84 Å². The Morgan fingerprint density at radius 3 is 2.19 bits per heavy atom. The highest BCUT2D eigenvalue weighted by Gasteiger charge is 2.21. The van der Waals surface area contributed by atoms with Gasteiger partial charge in [0.2, 0.25) is 0 Å². The Morgan fingerprint density at radius 1 is 1.00 bits per heavy atom. The molecule has 0 fully saturated rings. The summed E-state index contributed by atoms with van der Waals surface area (Å²) in [5.74, 6) is -1.49. The minimum atomic E-state index is -1.02. The van der Waals surface area contributed by atoms with Crippen molar-refractivity contribution in [2.75, 3.05) is 7.11 Å². The quantitative estimate of drug-likeness (QED) is 0.877. The predicted octanol–water partition coefficient (Wildman–Crippen LogP) is 3.46. The van der Waals surface area contributed by atoms with E-state index in [4.69, 9.17) is 4.74 Å². The van der Waals surface area contributed by atoms with Crippen molar-refractivity contribution in [3.8, 4) is 11.1 Å². The fraction of sp³-hybridized carbons (Fsp3) is 0.176. The number of carbonyl (C=O) groups is 2. The smallest absolute Gasteiger partial charge is 0.338 e. The Bertz CT molecular complexity index is 717. The Balaban J connectivity index is 2.82. The van der Waals surface area contributed by atoms with Crippen molar-refractivity contribution < 1.29 is 19.4 Å². The minimum absolute atomic E-state index is 0.181. The number of aromatic carboxylic acids is 1. The summed E-state index contributed by atoms with van der Waals surface area (Å²) in [7, 11) is 1.31. The number of carbonyl (C=O) groups excluding carboxylic acids is 1. The summed E-state index contributed by atoms with van der Waals surface area (Å²) in [6.45, 7) is 3.63. The molecule has 0 heterocycles. The molecule has 21 heavy (non-hydrogen) atoms. The second-order valence-corrected chi connectivity index (χ2v) is 4.77.